The molecule has 11 heteroatoms. The molecule has 0 unspecified atom stereocenters. The van der Waals surface area contributed by atoms with E-state index < -0.39 is 46.2 Å². The van der Waals surface area contributed by atoms with Gasteiger partial charge in [-0.05, 0) is 44.0 Å². The van der Waals surface area contributed by atoms with Crippen LogP contribution in [0.15, 0.2) is 54.6 Å². The van der Waals surface area contributed by atoms with Crippen LogP contribution in [0.25, 0.3) is 0 Å². The Bertz CT molecular complexity index is 1090. The molecule has 2 aromatic rings. The number of carbonyl (C=O) groups is 2. The maximum atomic E-state index is 13.2. The maximum Gasteiger partial charge on any atom is 0.416 e. The molecule has 2 aromatic carbocycles. The van der Waals surface area contributed by atoms with Gasteiger partial charge in [0.2, 0.25) is 21.8 Å². The summed E-state index contributed by atoms with van der Waals surface area (Å²) in [7, 11) is -4.11. The molecule has 1 atom stereocenters. The van der Waals surface area contributed by atoms with E-state index in [0.717, 1.165) is 24.0 Å². The van der Waals surface area contributed by atoms with Gasteiger partial charge in [-0.2, -0.15) is 13.2 Å². The number of halogens is 3. The first-order valence-electron chi connectivity index (χ1n) is 10.6. The molecule has 0 saturated heterocycles. The van der Waals surface area contributed by atoms with Crippen LogP contribution in [0.1, 0.15) is 25.0 Å². The van der Waals surface area contributed by atoms with Gasteiger partial charge in [-0.15, -0.1) is 0 Å². The minimum absolute atomic E-state index is 0.112. The third-order valence-corrected chi connectivity index (χ3v) is 6.28. The number of anilines is 1. The van der Waals surface area contributed by atoms with Crippen molar-refractivity contribution in [3.05, 3.63) is 65.7 Å². The molecule has 0 aromatic heterocycles. The second-order valence-corrected chi connectivity index (χ2v) is 9.62. The van der Waals surface area contributed by atoms with Crippen LogP contribution < -0.4 is 9.62 Å². The fourth-order valence-corrected chi connectivity index (χ4v) is 4.18. The lowest BCUT2D eigenvalue weighted by Crippen LogP contribution is -2.52. The number of amides is 2. The molecule has 0 bridgehead atoms. The highest BCUT2D eigenvalue weighted by molar-refractivity contribution is 7.92. The minimum atomic E-state index is -4.68. The van der Waals surface area contributed by atoms with Crippen molar-refractivity contribution in [2.45, 2.75) is 32.5 Å². The number of hydrogen-bond donors (Lipinski definition) is 1. The normalized spacial score (nSPS) is 12.6. The van der Waals surface area contributed by atoms with Crippen LogP contribution in [0, 0.1) is 0 Å². The highest BCUT2D eigenvalue weighted by Crippen LogP contribution is 2.32. The molecule has 1 N–H and O–H groups in total. The van der Waals surface area contributed by atoms with Crippen LogP contribution in [0.4, 0.5) is 18.9 Å². The van der Waals surface area contributed by atoms with Crippen molar-refractivity contribution in [1.29, 1.82) is 0 Å². The van der Waals surface area contributed by atoms with Gasteiger partial charge in [0.25, 0.3) is 0 Å². The molecular formula is C23H28F3N3O4S. The summed E-state index contributed by atoms with van der Waals surface area (Å²) < 4.78 is 65.0. The Hall–Kier alpha value is -3.08. The van der Waals surface area contributed by atoms with Crippen molar-refractivity contribution in [2.24, 2.45) is 0 Å². The third kappa shape index (κ3) is 7.47. The zero-order chi connectivity index (χ0) is 25.5. The van der Waals surface area contributed by atoms with E-state index in [1.807, 2.05) is 30.3 Å². The Morgan fingerprint density at radius 3 is 2.26 bits per heavy atom. The third-order valence-electron chi connectivity index (χ3n) is 5.14. The van der Waals surface area contributed by atoms with Gasteiger partial charge in [-0.3, -0.25) is 13.9 Å². The fraction of sp³-hybridized carbons (Fsp3) is 0.391. The standard InChI is InChI=1S/C23H28F3N3O4S/c1-4-27-22(31)17(2)28(14-13-18-9-6-5-7-10-18)21(30)16-29(34(3,32)33)20-12-8-11-19(15-20)23(24,25)26/h5-12,15,17H,4,13-14,16H2,1-3H3,(H,27,31)/t17-/m0/s1. The predicted octanol–water partition coefficient (Wildman–Crippen LogP) is 3.07. The van der Waals surface area contributed by atoms with Gasteiger partial charge in [0, 0.05) is 13.1 Å². The van der Waals surface area contributed by atoms with Crippen LogP contribution in [-0.4, -0.2) is 57.1 Å². The minimum Gasteiger partial charge on any atom is -0.355 e. The Morgan fingerprint density at radius 2 is 1.71 bits per heavy atom. The van der Waals surface area contributed by atoms with Gasteiger partial charge >= 0.3 is 6.18 Å². The summed E-state index contributed by atoms with van der Waals surface area (Å²) in [5.41, 5.74) is -0.427. The molecule has 0 aliphatic heterocycles. The number of benzene rings is 2. The summed E-state index contributed by atoms with van der Waals surface area (Å²) >= 11 is 0. The molecule has 2 rings (SSSR count). The van der Waals surface area contributed by atoms with E-state index in [-0.39, 0.29) is 12.2 Å². The Morgan fingerprint density at radius 1 is 1.06 bits per heavy atom. The molecule has 0 heterocycles. The van der Waals surface area contributed by atoms with Gasteiger partial charge in [0.1, 0.15) is 12.6 Å². The largest absolute Gasteiger partial charge is 0.416 e. The number of likely N-dealkylation sites (N-methyl/N-ethyl adjacent to an activating group) is 1. The van der Waals surface area contributed by atoms with E-state index >= 15 is 0 Å². The van der Waals surface area contributed by atoms with Gasteiger partial charge in [-0.25, -0.2) is 8.42 Å². The van der Waals surface area contributed by atoms with Crippen molar-refractivity contribution in [3.63, 3.8) is 0 Å². The first kappa shape index (κ1) is 27.2. The highest BCUT2D eigenvalue weighted by Gasteiger charge is 2.33. The van der Waals surface area contributed by atoms with E-state index in [0.29, 0.717) is 23.3 Å². The summed E-state index contributed by atoms with van der Waals surface area (Å²) in [6.45, 7) is 2.94. The average molecular weight is 500 g/mol. The van der Waals surface area contributed by atoms with E-state index in [1.54, 1.807) is 6.92 Å². The molecule has 34 heavy (non-hydrogen) atoms. The summed E-state index contributed by atoms with van der Waals surface area (Å²) in [6, 6.07) is 12.0. The van der Waals surface area contributed by atoms with Crippen molar-refractivity contribution in [3.8, 4) is 0 Å². The van der Waals surface area contributed by atoms with E-state index in [4.69, 9.17) is 0 Å². The second kappa shape index (κ2) is 11.4. The lowest BCUT2D eigenvalue weighted by Gasteiger charge is -2.31. The highest BCUT2D eigenvalue weighted by atomic mass is 32.2. The number of nitrogens with zero attached hydrogens (tertiary/aromatic N) is 2. The van der Waals surface area contributed by atoms with Crippen LogP contribution in [-0.2, 0) is 32.2 Å². The second-order valence-electron chi connectivity index (χ2n) is 7.71. The molecule has 186 valence electrons. The van der Waals surface area contributed by atoms with Gasteiger partial charge < -0.3 is 10.2 Å². The number of carbonyl (C=O) groups excluding carboxylic acids is 2. The quantitative estimate of drug-likeness (QED) is 0.545. The topological polar surface area (TPSA) is 86.8 Å². The van der Waals surface area contributed by atoms with Crippen LogP contribution in [0.2, 0.25) is 0 Å². The smallest absolute Gasteiger partial charge is 0.355 e. The van der Waals surface area contributed by atoms with Crippen molar-refractivity contribution >= 4 is 27.5 Å². The number of rotatable bonds is 10. The summed E-state index contributed by atoms with van der Waals surface area (Å²) in [4.78, 5) is 26.9. The molecule has 0 aliphatic rings. The average Bonchev–Trinajstić information content (AvgIpc) is 2.77. The summed E-state index contributed by atoms with van der Waals surface area (Å²) in [5.74, 6) is -1.13. The van der Waals surface area contributed by atoms with Gasteiger partial charge in [-0.1, -0.05) is 36.4 Å². The predicted molar refractivity (Wildman–Crippen MR) is 124 cm³/mol. The van der Waals surface area contributed by atoms with Crippen molar-refractivity contribution in [2.75, 3.05) is 30.2 Å². The first-order valence-corrected chi connectivity index (χ1v) is 12.5. The molecule has 7 nitrogen and oxygen atoms in total. The molecule has 0 radical (unpaired) electrons. The summed E-state index contributed by atoms with van der Waals surface area (Å²) in [5, 5.41) is 2.63. The zero-order valence-electron chi connectivity index (χ0n) is 19.2. The lowest BCUT2D eigenvalue weighted by atomic mass is 10.1. The lowest BCUT2D eigenvalue weighted by molar-refractivity contribution is -0.138. The van der Waals surface area contributed by atoms with E-state index in [9.17, 15) is 31.2 Å². The summed E-state index contributed by atoms with van der Waals surface area (Å²) in [6.07, 6.45) is -3.47. The van der Waals surface area contributed by atoms with E-state index in [1.165, 1.54) is 17.9 Å². The van der Waals surface area contributed by atoms with E-state index in [2.05, 4.69) is 5.32 Å². The molecular weight excluding hydrogens is 471 g/mol. The Kier molecular flexibility index (Phi) is 9.08. The molecule has 0 spiro atoms. The fourth-order valence-electron chi connectivity index (χ4n) is 3.34. The molecule has 0 fully saturated rings. The van der Waals surface area contributed by atoms with Crippen LogP contribution in [0.5, 0.6) is 0 Å². The monoisotopic (exact) mass is 499 g/mol. The number of hydrogen-bond acceptors (Lipinski definition) is 4. The maximum absolute atomic E-state index is 13.2. The number of alkyl halides is 3. The molecule has 0 saturated carbocycles. The first-order chi connectivity index (χ1) is 15.8. The molecule has 0 aliphatic carbocycles. The SMILES string of the molecule is CCNC(=O)[C@H](C)N(CCc1ccccc1)C(=O)CN(c1cccc(C(F)(F)F)c1)S(C)(=O)=O. The van der Waals surface area contributed by atoms with Crippen molar-refractivity contribution < 1.29 is 31.2 Å². The Balaban J connectivity index is 2.36. The van der Waals surface area contributed by atoms with Gasteiger partial charge in [0.15, 0.2) is 0 Å². The molecule has 2 amide bonds. The number of nitrogens with one attached hydrogen (secondary N) is 1. The van der Waals surface area contributed by atoms with Crippen LogP contribution in [0.3, 0.4) is 0 Å². The van der Waals surface area contributed by atoms with Crippen molar-refractivity contribution in [1.82, 2.24) is 10.2 Å². The zero-order valence-corrected chi connectivity index (χ0v) is 20.0. The Labute approximate surface area is 197 Å². The van der Waals surface area contributed by atoms with Crippen LogP contribution >= 0.6 is 0 Å². The van der Waals surface area contributed by atoms with Gasteiger partial charge in [0.05, 0.1) is 17.5 Å². The number of sulfonamides is 1.